The monoisotopic (exact) mass is 213 g/mol. The van der Waals surface area contributed by atoms with Crippen molar-refractivity contribution < 1.29 is 4.74 Å². The van der Waals surface area contributed by atoms with Gasteiger partial charge in [-0.15, -0.1) is 0 Å². The molecule has 0 atom stereocenters. The van der Waals surface area contributed by atoms with Gasteiger partial charge in [0.1, 0.15) is 5.82 Å². The molecular formula is C9H15N3OS. The average Bonchev–Trinajstić information content (AvgIpc) is 2.94. The summed E-state index contributed by atoms with van der Waals surface area (Å²) >= 11 is 1.45. The lowest BCUT2D eigenvalue weighted by atomic mass is 10.4. The zero-order valence-corrected chi connectivity index (χ0v) is 9.14. The zero-order chi connectivity index (χ0) is 9.80. The maximum Gasteiger partial charge on any atom is 0.202 e. The van der Waals surface area contributed by atoms with E-state index in [1.807, 2.05) is 6.92 Å². The third-order valence-corrected chi connectivity index (χ3v) is 2.80. The van der Waals surface area contributed by atoms with E-state index >= 15 is 0 Å². The van der Waals surface area contributed by atoms with Gasteiger partial charge in [-0.25, -0.2) is 4.98 Å². The molecule has 1 saturated carbocycles. The molecule has 0 aliphatic heterocycles. The summed E-state index contributed by atoms with van der Waals surface area (Å²) in [5.41, 5.74) is 0. The minimum atomic E-state index is 0.647. The fraction of sp³-hybridized carbons (Fsp3) is 0.778. The van der Waals surface area contributed by atoms with E-state index in [0.717, 1.165) is 30.7 Å². The Labute approximate surface area is 87.9 Å². The molecule has 0 aromatic carbocycles. The quantitative estimate of drug-likeness (QED) is 0.733. The Morgan fingerprint density at radius 3 is 3.14 bits per heavy atom. The Morgan fingerprint density at radius 2 is 2.43 bits per heavy atom. The van der Waals surface area contributed by atoms with Gasteiger partial charge >= 0.3 is 0 Å². The summed E-state index contributed by atoms with van der Waals surface area (Å²) in [6.07, 6.45) is 2.52. The highest BCUT2D eigenvalue weighted by Gasteiger charge is 2.27. The van der Waals surface area contributed by atoms with Crippen molar-refractivity contribution >= 4 is 16.7 Å². The highest BCUT2D eigenvalue weighted by atomic mass is 32.1. The Balaban J connectivity index is 1.72. The fourth-order valence-corrected chi connectivity index (χ4v) is 1.86. The topological polar surface area (TPSA) is 47.0 Å². The molecule has 0 saturated heterocycles. The molecule has 0 unspecified atom stereocenters. The van der Waals surface area contributed by atoms with Crippen LogP contribution in [-0.4, -0.2) is 29.1 Å². The van der Waals surface area contributed by atoms with Gasteiger partial charge < -0.3 is 10.1 Å². The largest absolute Gasteiger partial charge is 0.380 e. The second-order valence-corrected chi connectivity index (χ2v) is 4.11. The summed E-state index contributed by atoms with van der Waals surface area (Å²) in [7, 11) is 0. The van der Waals surface area contributed by atoms with Crippen LogP contribution in [0, 0.1) is 0 Å². The number of anilines is 1. The average molecular weight is 213 g/mol. The van der Waals surface area contributed by atoms with E-state index < -0.39 is 0 Å². The molecule has 4 nitrogen and oxygen atoms in total. The number of aromatic nitrogens is 2. The van der Waals surface area contributed by atoms with Crippen molar-refractivity contribution in [1.29, 1.82) is 0 Å². The van der Waals surface area contributed by atoms with Gasteiger partial charge in [-0.1, -0.05) is 0 Å². The van der Waals surface area contributed by atoms with E-state index in [9.17, 15) is 0 Å². The molecule has 1 heterocycles. The minimum absolute atomic E-state index is 0.647. The van der Waals surface area contributed by atoms with Crippen molar-refractivity contribution in [3.63, 3.8) is 0 Å². The minimum Gasteiger partial charge on any atom is -0.380 e. The summed E-state index contributed by atoms with van der Waals surface area (Å²) in [4.78, 5) is 4.41. The maximum absolute atomic E-state index is 5.22. The van der Waals surface area contributed by atoms with Gasteiger partial charge in [0.15, 0.2) is 0 Å². The Kier molecular flexibility index (Phi) is 3.31. The van der Waals surface area contributed by atoms with Gasteiger partial charge in [-0.05, 0) is 19.8 Å². The first-order chi connectivity index (χ1) is 6.90. The van der Waals surface area contributed by atoms with Crippen LogP contribution in [0.25, 0.3) is 0 Å². The van der Waals surface area contributed by atoms with Crippen LogP contribution in [0.3, 0.4) is 0 Å². The van der Waals surface area contributed by atoms with Crippen molar-refractivity contribution in [1.82, 2.24) is 9.36 Å². The molecule has 14 heavy (non-hydrogen) atoms. The van der Waals surface area contributed by atoms with Gasteiger partial charge in [0.05, 0.1) is 6.61 Å². The van der Waals surface area contributed by atoms with E-state index in [1.165, 1.54) is 24.4 Å². The normalized spacial score (nSPS) is 15.8. The van der Waals surface area contributed by atoms with Crippen LogP contribution in [0.2, 0.25) is 0 Å². The predicted octanol–water partition coefficient (Wildman–Crippen LogP) is 1.86. The number of ether oxygens (including phenoxy) is 1. The van der Waals surface area contributed by atoms with E-state index in [-0.39, 0.29) is 0 Å². The molecule has 5 heteroatoms. The zero-order valence-electron chi connectivity index (χ0n) is 8.32. The smallest absolute Gasteiger partial charge is 0.202 e. The number of rotatable bonds is 6. The van der Waals surface area contributed by atoms with Crippen molar-refractivity contribution in [3.8, 4) is 0 Å². The van der Waals surface area contributed by atoms with E-state index in [0.29, 0.717) is 5.92 Å². The molecule has 1 fully saturated rings. The lowest BCUT2D eigenvalue weighted by Gasteiger charge is -2.00. The number of nitrogens with zero attached hydrogens (tertiary/aromatic N) is 2. The summed E-state index contributed by atoms with van der Waals surface area (Å²) in [6.45, 7) is 4.31. The molecule has 0 radical (unpaired) electrons. The predicted molar refractivity (Wildman–Crippen MR) is 56.9 cm³/mol. The number of nitrogens with one attached hydrogen (secondary N) is 1. The molecule has 78 valence electrons. The Morgan fingerprint density at radius 1 is 1.57 bits per heavy atom. The first kappa shape index (κ1) is 9.86. The number of hydrogen-bond acceptors (Lipinski definition) is 5. The van der Waals surface area contributed by atoms with Crippen molar-refractivity contribution in [2.75, 3.05) is 25.1 Å². The lowest BCUT2D eigenvalue weighted by Crippen LogP contribution is -2.08. The molecule has 1 aromatic rings. The van der Waals surface area contributed by atoms with Crippen LogP contribution in [0.1, 0.15) is 31.5 Å². The third kappa shape index (κ3) is 2.65. The van der Waals surface area contributed by atoms with Crippen LogP contribution < -0.4 is 5.32 Å². The van der Waals surface area contributed by atoms with Crippen LogP contribution in [-0.2, 0) is 4.74 Å². The van der Waals surface area contributed by atoms with Crippen molar-refractivity contribution in [3.05, 3.63) is 5.82 Å². The lowest BCUT2D eigenvalue weighted by molar-refractivity contribution is 0.158. The SMILES string of the molecule is CCOCCNc1nc(C2CC2)ns1. The molecule has 1 N–H and O–H groups in total. The van der Waals surface area contributed by atoms with Gasteiger partial charge in [0.25, 0.3) is 0 Å². The first-order valence-electron chi connectivity index (χ1n) is 5.05. The molecule has 1 aliphatic rings. The van der Waals surface area contributed by atoms with E-state index in [2.05, 4.69) is 14.7 Å². The molecule has 0 spiro atoms. The highest BCUT2D eigenvalue weighted by molar-refractivity contribution is 7.09. The maximum atomic E-state index is 5.22. The Bertz CT molecular complexity index is 285. The van der Waals surface area contributed by atoms with Gasteiger partial charge in [0.2, 0.25) is 5.13 Å². The van der Waals surface area contributed by atoms with Gasteiger partial charge in [-0.3, -0.25) is 0 Å². The van der Waals surface area contributed by atoms with Crippen molar-refractivity contribution in [2.45, 2.75) is 25.7 Å². The standard InChI is InChI=1S/C9H15N3OS/c1-2-13-6-5-10-9-11-8(12-14-9)7-3-4-7/h7H,2-6H2,1H3,(H,10,11,12). The van der Waals surface area contributed by atoms with Gasteiger partial charge in [-0.2, -0.15) is 4.37 Å². The van der Waals surface area contributed by atoms with Crippen molar-refractivity contribution in [2.24, 2.45) is 0 Å². The second kappa shape index (κ2) is 4.70. The van der Waals surface area contributed by atoms with Crippen LogP contribution >= 0.6 is 11.5 Å². The van der Waals surface area contributed by atoms with Crippen LogP contribution in [0.4, 0.5) is 5.13 Å². The summed E-state index contributed by atoms with van der Waals surface area (Å²) in [6, 6.07) is 0. The summed E-state index contributed by atoms with van der Waals surface area (Å²) < 4.78 is 9.52. The van der Waals surface area contributed by atoms with Crippen LogP contribution in [0.5, 0.6) is 0 Å². The molecule has 1 aliphatic carbocycles. The number of hydrogen-bond donors (Lipinski definition) is 1. The first-order valence-corrected chi connectivity index (χ1v) is 5.82. The molecule has 1 aromatic heterocycles. The third-order valence-electron chi connectivity index (χ3n) is 2.11. The van der Waals surface area contributed by atoms with E-state index in [4.69, 9.17) is 4.74 Å². The Hall–Kier alpha value is -0.680. The summed E-state index contributed by atoms with van der Waals surface area (Å²) in [5.74, 6) is 1.67. The highest BCUT2D eigenvalue weighted by Crippen LogP contribution is 2.39. The molecular weight excluding hydrogens is 198 g/mol. The second-order valence-electron chi connectivity index (χ2n) is 3.36. The fourth-order valence-electron chi connectivity index (χ4n) is 1.19. The van der Waals surface area contributed by atoms with Crippen LogP contribution in [0.15, 0.2) is 0 Å². The molecule has 0 amide bonds. The molecule has 2 rings (SSSR count). The summed E-state index contributed by atoms with van der Waals surface area (Å²) in [5, 5.41) is 4.13. The molecule has 0 bridgehead atoms. The van der Waals surface area contributed by atoms with E-state index in [1.54, 1.807) is 0 Å². The van der Waals surface area contributed by atoms with Gasteiger partial charge in [0, 0.05) is 30.6 Å².